The zero-order chi connectivity index (χ0) is 13.8. The van der Waals surface area contributed by atoms with E-state index in [-0.39, 0.29) is 11.3 Å². The Hall–Kier alpha value is -1.36. The monoisotopic (exact) mass is 253 g/mol. The van der Waals surface area contributed by atoms with Gasteiger partial charge >= 0.3 is 0 Å². The molecule has 5 nitrogen and oxygen atoms in total. The first-order chi connectivity index (χ1) is 8.47. The van der Waals surface area contributed by atoms with E-state index in [9.17, 15) is 4.79 Å². The smallest absolute Gasteiger partial charge is 0.273 e. The maximum atomic E-state index is 12.0. The van der Waals surface area contributed by atoms with E-state index in [1.807, 2.05) is 13.8 Å². The fourth-order valence-corrected chi connectivity index (χ4v) is 1.63. The fourth-order valence-electron chi connectivity index (χ4n) is 1.63. The minimum absolute atomic E-state index is 0.0686. The van der Waals surface area contributed by atoms with Gasteiger partial charge in [0.2, 0.25) is 0 Å². The number of nitrogens with two attached hydrogens (primary N) is 1. The van der Waals surface area contributed by atoms with Crippen LogP contribution in [0.25, 0.3) is 0 Å². The lowest BCUT2D eigenvalue weighted by Crippen LogP contribution is -2.40. The van der Waals surface area contributed by atoms with Crippen molar-refractivity contribution in [1.29, 1.82) is 0 Å². The summed E-state index contributed by atoms with van der Waals surface area (Å²) in [6.45, 7) is 9.04. The molecule has 0 aromatic carbocycles. The Morgan fingerprint density at radius 1 is 1.50 bits per heavy atom. The summed E-state index contributed by atoms with van der Waals surface area (Å²) in [5.41, 5.74) is 6.84. The van der Waals surface area contributed by atoms with Crippen molar-refractivity contribution < 1.29 is 9.32 Å². The number of nitrogens with zero attached hydrogens (tertiary/aromatic N) is 1. The lowest BCUT2D eigenvalue weighted by atomic mass is 9.88. The van der Waals surface area contributed by atoms with E-state index < -0.39 is 0 Å². The normalized spacial score (nSPS) is 14.3. The molecule has 1 atom stereocenters. The zero-order valence-corrected chi connectivity index (χ0v) is 11.7. The van der Waals surface area contributed by atoms with Crippen LogP contribution in [-0.4, -0.2) is 24.2 Å². The van der Waals surface area contributed by atoms with Crippen molar-refractivity contribution in [2.75, 3.05) is 13.1 Å². The van der Waals surface area contributed by atoms with Crippen molar-refractivity contribution in [2.45, 2.75) is 40.5 Å². The Kier molecular flexibility index (Phi) is 4.90. The van der Waals surface area contributed by atoms with E-state index in [1.54, 1.807) is 0 Å². The van der Waals surface area contributed by atoms with Crippen LogP contribution in [0, 0.1) is 12.3 Å². The highest BCUT2D eigenvalue weighted by atomic mass is 16.5. The summed E-state index contributed by atoms with van der Waals surface area (Å²) < 4.78 is 5.11. The third-order valence-electron chi connectivity index (χ3n) is 3.58. The van der Waals surface area contributed by atoms with Crippen molar-refractivity contribution in [3.05, 3.63) is 17.0 Å². The highest BCUT2D eigenvalue weighted by Gasteiger charge is 2.23. The van der Waals surface area contributed by atoms with E-state index in [2.05, 4.69) is 24.3 Å². The lowest BCUT2D eigenvalue weighted by Gasteiger charge is -2.26. The molecule has 1 unspecified atom stereocenters. The molecule has 0 radical (unpaired) electrons. The summed E-state index contributed by atoms with van der Waals surface area (Å²) in [5, 5.41) is 6.70. The average Bonchev–Trinajstić information content (AvgIpc) is 2.76. The average molecular weight is 253 g/mol. The van der Waals surface area contributed by atoms with Crippen molar-refractivity contribution >= 4 is 5.91 Å². The van der Waals surface area contributed by atoms with E-state index in [1.165, 1.54) is 0 Å². The third-order valence-corrected chi connectivity index (χ3v) is 3.58. The van der Waals surface area contributed by atoms with Gasteiger partial charge in [-0.2, -0.15) is 0 Å². The Bertz CT molecular complexity index is 408. The molecule has 0 aliphatic rings. The number of aryl methyl sites for hydroxylation is 1. The van der Waals surface area contributed by atoms with Crippen LogP contribution in [0.15, 0.2) is 4.52 Å². The second-order valence-corrected chi connectivity index (χ2v) is 4.98. The van der Waals surface area contributed by atoms with Crippen LogP contribution >= 0.6 is 0 Å². The van der Waals surface area contributed by atoms with Crippen LogP contribution in [0.4, 0.5) is 0 Å². The van der Waals surface area contributed by atoms with Crippen LogP contribution < -0.4 is 11.1 Å². The molecular weight excluding hydrogens is 230 g/mol. The van der Waals surface area contributed by atoms with E-state index in [0.717, 1.165) is 24.2 Å². The minimum Gasteiger partial charge on any atom is -0.360 e. The van der Waals surface area contributed by atoms with Gasteiger partial charge in [-0.15, -0.1) is 0 Å². The van der Waals surface area contributed by atoms with Crippen LogP contribution in [-0.2, 0) is 6.42 Å². The number of rotatable bonds is 6. The molecule has 5 heteroatoms. The number of hydrogen-bond donors (Lipinski definition) is 2. The molecule has 1 amide bonds. The zero-order valence-electron chi connectivity index (χ0n) is 11.7. The molecule has 0 saturated carbocycles. The van der Waals surface area contributed by atoms with Crippen molar-refractivity contribution in [1.82, 2.24) is 10.5 Å². The van der Waals surface area contributed by atoms with Crippen molar-refractivity contribution in [2.24, 2.45) is 11.1 Å². The van der Waals surface area contributed by atoms with Gasteiger partial charge in [0.25, 0.3) is 5.91 Å². The Balaban J connectivity index is 2.68. The van der Waals surface area contributed by atoms with Crippen molar-refractivity contribution in [3.63, 3.8) is 0 Å². The standard InChI is InChI=1S/C13H23N3O2/c1-5-10-9(3)11(16-18-10)12(17)15-8-13(4,6-2)7-14/h5-8,14H2,1-4H3,(H,15,17). The molecule has 102 valence electrons. The number of carbonyl (C=O) groups excluding carboxylic acids is 1. The topological polar surface area (TPSA) is 81.2 Å². The molecule has 1 aromatic heterocycles. The Morgan fingerprint density at radius 2 is 2.17 bits per heavy atom. The first-order valence-corrected chi connectivity index (χ1v) is 6.40. The van der Waals surface area contributed by atoms with Crippen LogP contribution in [0.1, 0.15) is 49.0 Å². The maximum absolute atomic E-state index is 12.0. The van der Waals surface area contributed by atoms with E-state index in [4.69, 9.17) is 10.3 Å². The molecule has 1 heterocycles. The highest BCUT2D eigenvalue weighted by Crippen LogP contribution is 2.18. The molecule has 0 spiro atoms. The summed E-state index contributed by atoms with van der Waals surface area (Å²) in [4.78, 5) is 12.0. The predicted molar refractivity (Wildman–Crippen MR) is 70.4 cm³/mol. The molecular formula is C13H23N3O2. The summed E-state index contributed by atoms with van der Waals surface area (Å²) in [7, 11) is 0. The van der Waals surface area contributed by atoms with Crippen LogP contribution in [0.5, 0.6) is 0 Å². The molecule has 0 aliphatic carbocycles. The predicted octanol–water partition coefficient (Wildman–Crippen LogP) is 1.65. The summed E-state index contributed by atoms with van der Waals surface area (Å²) in [6, 6.07) is 0. The van der Waals surface area contributed by atoms with Gasteiger partial charge in [0.05, 0.1) is 0 Å². The van der Waals surface area contributed by atoms with Gasteiger partial charge < -0.3 is 15.6 Å². The van der Waals surface area contributed by atoms with Crippen LogP contribution in [0.3, 0.4) is 0 Å². The first-order valence-electron chi connectivity index (χ1n) is 6.40. The number of aromatic nitrogens is 1. The molecule has 0 aliphatic heterocycles. The van der Waals surface area contributed by atoms with Gasteiger partial charge in [-0.25, -0.2) is 0 Å². The Labute approximate surface area is 108 Å². The molecule has 0 saturated heterocycles. The second kappa shape index (κ2) is 6.00. The van der Waals surface area contributed by atoms with Gasteiger partial charge in [-0.05, 0) is 25.3 Å². The molecule has 18 heavy (non-hydrogen) atoms. The highest BCUT2D eigenvalue weighted by molar-refractivity contribution is 5.93. The van der Waals surface area contributed by atoms with Gasteiger partial charge in [-0.3, -0.25) is 4.79 Å². The fraction of sp³-hybridized carbons (Fsp3) is 0.692. The number of nitrogens with one attached hydrogen (secondary N) is 1. The quantitative estimate of drug-likeness (QED) is 0.807. The molecule has 0 bridgehead atoms. The molecule has 1 aromatic rings. The Morgan fingerprint density at radius 3 is 2.61 bits per heavy atom. The number of carbonyl (C=O) groups is 1. The molecule has 0 fully saturated rings. The van der Waals surface area contributed by atoms with Gasteiger partial charge in [-0.1, -0.05) is 25.9 Å². The van der Waals surface area contributed by atoms with Gasteiger partial charge in [0.15, 0.2) is 5.69 Å². The largest absolute Gasteiger partial charge is 0.360 e. The maximum Gasteiger partial charge on any atom is 0.273 e. The van der Waals surface area contributed by atoms with Gasteiger partial charge in [0, 0.05) is 18.5 Å². The summed E-state index contributed by atoms with van der Waals surface area (Å²) in [5.74, 6) is 0.571. The third kappa shape index (κ3) is 3.10. The molecule has 3 N–H and O–H groups in total. The first kappa shape index (κ1) is 14.7. The molecule has 1 rings (SSSR count). The minimum atomic E-state index is -0.191. The lowest BCUT2D eigenvalue weighted by molar-refractivity contribution is 0.0924. The van der Waals surface area contributed by atoms with Crippen LogP contribution in [0.2, 0.25) is 0 Å². The second-order valence-electron chi connectivity index (χ2n) is 4.98. The van der Waals surface area contributed by atoms with Crippen molar-refractivity contribution in [3.8, 4) is 0 Å². The SMILES string of the molecule is CCc1onc(C(=O)NCC(C)(CC)CN)c1C. The van der Waals surface area contributed by atoms with E-state index in [0.29, 0.717) is 18.8 Å². The number of hydrogen-bond acceptors (Lipinski definition) is 4. The van der Waals surface area contributed by atoms with E-state index >= 15 is 0 Å². The summed E-state index contributed by atoms with van der Waals surface area (Å²) in [6.07, 6.45) is 1.66. The number of amides is 1. The van der Waals surface area contributed by atoms with Gasteiger partial charge in [0.1, 0.15) is 5.76 Å². The summed E-state index contributed by atoms with van der Waals surface area (Å²) >= 11 is 0.